The highest BCUT2D eigenvalue weighted by Gasteiger charge is 2.29. The van der Waals surface area contributed by atoms with Crippen LogP contribution in [-0.2, 0) is 11.3 Å². The highest BCUT2D eigenvalue weighted by atomic mass is 127. The molecule has 1 atom stereocenters. The molecular formula is C16H23IN4O. The summed E-state index contributed by atoms with van der Waals surface area (Å²) in [5, 5.41) is 6.57. The second kappa shape index (κ2) is 8.36. The first-order valence-corrected chi connectivity index (χ1v) is 7.65. The van der Waals surface area contributed by atoms with Gasteiger partial charge in [-0.3, -0.25) is 9.79 Å². The summed E-state index contributed by atoms with van der Waals surface area (Å²) in [4.78, 5) is 18.4. The summed E-state index contributed by atoms with van der Waals surface area (Å²) in [5.41, 5.74) is 1.19. The van der Waals surface area contributed by atoms with Gasteiger partial charge in [0.25, 0.3) is 0 Å². The van der Waals surface area contributed by atoms with Crippen LogP contribution in [0.25, 0.3) is 0 Å². The van der Waals surface area contributed by atoms with Gasteiger partial charge in [-0.05, 0) is 12.0 Å². The largest absolute Gasteiger partial charge is 0.356 e. The minimum absolute atomic E-state index is 0. The van der Waals surface area contributed by atoms with E-state index < -0.39 is 0 Å². The molecular weight excluding hydrogens is 391 g/mol. The zero-order valence-electron chi connectivity index (χ0n) is 12.6. The van der Waals surface area contributed by atoms with Crippen molar-refractivity contribution >= 4 is 35.8 Å². The fourth-order valence-corrected chi connectivity index (χ4v) is 2.84. The Morgan fingerprint density at radius 2 is 2.14 bits per heavy atom. The van der Waals surface area contributed by atoms with E-state index in [4.69, 9.17) is 0 Å². The Balaban J connectivity index is 0.00000176. The van der Waals surface area contributed by atoms with E-state index in [2.05, 4.69) is 27.8 Å². The summed E-state index contributed by atoms with van der Waals surface area (Å²) < 4.78 is 0. The molecule has 1 amide bonds. The lowest BCUT2D eigenvalue weighted by Gasteiger charge is -2.19. The van der Waals surface area contributed by atoms with Gasteiger partial charge in [0.05, 0.1) is 0 Å². The number of nitrogens with zero attached hydrogens (tertiary/aromatic N) is 2. The molecule has 1 fully saturated rings. The minimum Gasteiger partial charge on any atom is -0.356 e. The molecule has 2 aliphatic rings. The second-order valence-corrected chi connectivity index (χ2v) is 5.72. The Morgan fingerprint density at radius 1 is 1.32 bits per heavy atom. The number of amides is 1. The van der Waals surface area contributed by atoms with E-state index in [1.54, 1.807) is 0 Å². The first-order chi connectivity index (χ1) is 10.3. The van der Waals surface area contributed by atoms with Gasteiger partial charge in [-0.25, -0.2) is 0 Å². The van der Waals surface area contributed by atoms with E-state index >= 15 is 0 Å². The van der Waals surface area contributed by atoms with E-state index in [9.17, 15) is 4.79 Å². The number of likely N-dealkylation sites (tertiary alicyclic amines) is 1. The highest BCUT2D eigenvalue weighted by Crippen LogP contribution is 2.19. The molecule has 2 aliphatic heterocycles. The number of rotatable bonds is 4. The Bertz CT molecular complexity index is 520. The monoisotopic (exact) mass is 414 g/mol. The molecule has 120 valence electrons. The van der Waals surface area contributed by atoms with Gasteiger partial charge in [-0.15, -0.1) is 24.0 Å². The summed E-state index contributed by atoms with van der Waals surface area (Å²) in [6, 6.07) is 10.2. The van der Waals surface area contributed by atoms with Gasteiger partial charge in [-0.1, -0.05) is 30.3 Å². The summed E-state index contributed by atoms with van der Waals surface area (Å²) in [6.45, 7) is 4.22. The molecule has 3 rings (SSSR count). The van der Waals surface area contributed by atoms with Crippen molar-refractivity contribution < 1.29 is 4.79 Å². The molecule has 1 aromatic rings. The summed E-state index contributed by atoms with van der Waals surface area (Å²) >= 11 is 0. The first-order valence-electron chi connectivity index (χ1n) is 7.65. The Labute approximate surface area is 148 Å². The van der Waals surface area contributed by atoms with Crippen molar-refractivity contribution in [2.75, 3.05) is 26.2 Å². The number of hydrogen-bond donors (Lipinski definition) is 2. The molecule has 0 aromatic heterocycles. The smallest absolute Gasteiger partial charge is 0.223 e. The fourth-order valence-electron chi connectivity index (χ4n) is 2.84. The van der Waals surface area contributed by atoms with E-state index in [0.29, 0.717) is 12.3 Å². The van der Waals surface area contributed by atoms with Crippen LogP contribution in [0.1, 0.15) is 18.4 Å². The number of carbonyl (C=O) groups is 1. The third kappa shape index (κ3) is 4.59. The van der Waals surface area contributed by atoms with Crippen LogP contribution in [0.3, 0.4) is 0 Å². The lowest BCUT2D eigenvalue weighted by atomic mass is 10.1. The first kappa shape index (κ1) is 17.1. The molecule has 0 bridgehead atoms. The van der Waals surface area contributed by atoms with Crippen LogP contribution in [0.5, 0.6) is 0 Å². The maximum Gasteiger partial charge on any atom is 0.223 e. The summed E-state index contributed by atoms with van der Waals surface area (Å²) in [6.07, 6.45) is 1.73. The van der Waals surface area contributed by atoms with Crippen molar-refractivity contribution in [3.05, 3.63) is 35.9 Å². The van der Waals surface area contributed by atoms with Crippen LogP contribution in [-0.4, -0.2) is 42.9 Å². The predicted molar refractivity (Wildman–Crippen MR) is 98.3 cm³/mol. The van der Waals surface area contributed by atoms with Crippen LogP contribution in [0.4, 0.5) is 0 Å². The Morgan fingerprint density at radius 3 is 2.86 bits per heavy atom. The number of nitrogens with one attached hydrogen (secondary N) is 2. The number of aliphatic imine (C=N–C) groups is 1. The van der Waals surface area contributed by atoms with Gasteiger partial charge in [0.1, 0.15) is 0 Å². The molecule has 1 unspecified atom stereocenters. The Hall–Kier alpha value is -1.31. The van der Waals surface area contributed by atoms with Gasteiger partial charge in [-0.2, -0.15) is 0 Å². The third-order valence-electron chi connectivity index (χ3n) is 3.97. The van der Waals surface area contributed by atoms with Crippen molar-refractivity contribution in [1.29, 1.82) is 0 Å². The quantitative estimate of drug-likeness (QED) is 0.736. The van der Waals surface area contributed by atoms with Crippen molar-refractivity contribution in [2.45, 2.75) is 19.4 Å². The second-order valence-electron chi connectivity index (χ2n) is 5.72. The molecule has 1 aromatic carbocycles. The predicted octanol–water partition coefficient (Wildman–Crippen LogP) is 1.59. The topological polar surface area (TPSA) is 56.7 Å². The standard InChI is InChI=1S/C16H22N4O.HI/c21-15-9-14(10-19-16-17-7-4-8-18-16)12-20(15)11-13-5-2-1-3-6-13;/h1-3,5-6,14H,4,7-12H2,(H2,17,18,19);1H. The van der Waals surface area contributed by atoms with Crippen LogP contribution in [0, 0.1) is 5.92 Å². The SMILES string of the molecule is I.O=C1CC(CNC2=NCCCN2)CN1Cc1ccccc1. The van der Waals surface area contributed by atoms with E-state index in [0.717, 1.165) is 45.1 Å². The van der Waals surface area contributed by atoms with Crippen LogP contribution < -0.4 is 10.6 Å². The molecule has 2 heterocycles. The average molecular weight is 414 g/mol. The molecule has 22 heavy (non-hydrogen) atoms. The molecule has 0 saturated carbocycles. The van der Waals surface area contributed by atoms with Crippen LogP contribution >= 0.6 is 24.0 Å². The van der Waals surface area contributed by atoms with Crippen molar-refractivity contribution in [2.24, 2.45) is 10.9 Å². The fraction of sp³-hybridized carbons (Fsp3) is 0.500. The number of benzene rings is 1. The minimum atomic E-state index is 0. The normalized spacial score (nSPS) is 20.9. The maximum absolute atomic E-state index is 12.1. The number of hydrogen-bond acceptors (Lipinski definition) is 4. The number of carbonyl (C=O) groups excluding carboxylic acids is 1. The molecule has 1 saturated heterocycles. The van der Waals surface area contributed by atoms with Crippen LogP contribution in [0.15, 0.2) is 35.3 Å². The van der Waals surface area contributed by atoms with Crippen molar-refractivity contribution in [3.8, 4) is 0 Å². The summed E-state index contributed by atoms with van der Waals surface area (Å²) in [5.74, 6) is 1.51. The van der Waals surface area contributed by atoms with Gasteiger partial charge < -0.3 is 15.5 Å². The van der Waals surface area contributed by atoms with Crippen LogP contribution in [0.2, 0.25) is 0 Å². The van der Waals surface area contributed by atoms with Gasteiger partial charge in [0.15, 0.2) is 5.96 Å². The number of halogens is 1. The number of guanidine groups is 1. The maximum atomic E-state index is 12.1. The van der Waals surface area contributed by atoms with Gasteiger partial charge in [0.2, 0.25) is 5.91 Å². The van der Waals surface area contributed by atoms with Gasteiger partial charge >= 0.3 is 0 Å². The van der Waals surface area contributed by atoms with Crippen molar-refractivity contribution in [1.82, 2.24) is 15.5 Å². The van der Waals surface area contributed by atoms with E-state index in [1.165, 1.54) is 5.56 Å². The molecule has 5 nitrogen and oxygen atoms in total. The highest BCUT2D eigenvalue weighted by molar-refractivity contribution is 14.0. The molecule has 0 aliphatic carbocycles. The Kier molecular flexibility index (Phi) is 6.48. The molecule has 0 spiro atoms. The molecule has 6 heteroatoms. The lowest BCUT2D eigenvalue weighted by Crippen LogP contribution is -2.42. The van der Waals surface area contributed by atoms with E-state index in [-0.39, 0.29) is 29.9 Å². The van der Waals surface area contributed by atoms with E-state index in [1.807, 2.05) is 23.1 Å². The average Bonchev–Trinajstić information content (AvgIpc) is 2.87. The van der Waals surface area contributed by atoms with Gasteiger partial charge in [0, 0.05) is 45.1 Å². The summed E-state index contributed by atoms with van der Waals surface area (Å²) in [7, 11) is 0. The zero-order valence-corrected chi connectivity index (χ0v) is 15.0. The zero-order chi connectivity index (χ0) is 14.5. The molecule has 0 radical (unpaired) electrons. The molecule has 2 N–H and O–H groups in total. The van der Waals surface area contributed by atoms with Crippen molar-refractivity contribution in [3.63, 3.8) is 0 Å². The third-order valence-corrected chi connectivity index (χ3v) is 3.97. The lowest BCUT2D eigenvalue weighted by molar-refractivity contribution is -0.128.